The predicted molar refractivity (Wildman–Crippen MR) is 85.6 cm³/mol. The van der Waals surface area contributed by atoms with Crippen LogP contribution in [0.25, 0.3) is 0 Å². The molecule has 3 heteroatoms. The zero-order valence-corrected chi connectivity index (χ0v) is 12.8. The van der Waals surface area contributed by atoms with Gasteiger partial charge in [-0.2, -0.15) is 0 Å². The van der Waals surface area contributed by atoms with Gasteiger partial charge in [0.2, 0.25) is 0 Å². The van der Waals surface area contributed by atoms with E-state index >= 15 is 0 Å². The number of rotatable bonds is 6. The van der Waals surface area contributed by atoms with Gasteiger partial charge in [0.25, 0.3) is 0 Å². The number of aryl methyl sites for hydroxylation is 1. The van der Waals surface area contributed by atoms with Crippen LogP contribution in [0.15, 0.2) is 48.5 Å². The maximum atomic E-state index is 10.3. The summed E-state index contributed by atoms with van der Waals surface area (Å²) in [6.45, 7) is 4.69. The molecule has 2 aromatic rings. The van der Waals surface area contributed by atoms with Crippen molar-refractivity contribution >= 4 is 0 Å². The molecule has 2 aromatic carbocycles. The van der Waals surface area contributed by atoms with Gasteiger partial charge in [-0.25, -0.2) is 0 Å². The van der Waals surface area contributed by atoms with Crippen LogP contribution in [0.3, 0.4) is 0 Å². The Morgan fingerprint density at radius 2 is 1.81 bits per heavy atom. The molecule has 0 heterocycles. The quantitative estimate of drug-likeness (QED) is 0.855. The first-order chi connectivity index (χ1) is 10.1. The molecule has 0 aromatic heterocycles. The first-order valence-electron chi connectivity index (χ1n) is 7.22. The van der Waals surface area contributed by atoms with Gasteiger partial charge in [0.05, 0.1) is 13.2 Å². The van der Waals surface area contributed by atoms with E-state index in [9.17, 15) is 5.11 Å². The molecule has 0 spiro atoms. The summed E-state index contributed by atoms with van der Waals surface area (Å²) >= 11 is 0. The van der Waals surface area contributed by atoms with Gasteiger partial charge in [0, 0.05) is 12.6 Å². The molecule has 1 unspecified atom stereocenters. The molecule has 2 atom stereocenters. The van der Waals surface area contributed by atoms with Crippen LogP contribution in [0.5, 0.6) is 5.75 Å². The molecule has 3 nitrogen and oxygen atoms in total. The molecule has 0 saturated heterocycles. The molecule has 21 heavy (non-hydrogen) atoms. The van der Waals surface area contributed by atoms with Crippen LogP contribution in [-0.2, 0) is 0 Å². The Labute approximate surface area is 126 Å². The van der Waals surface area contributed by atoms with Crippen molar-refractivity contribution in [2.75, 3.05) is 13.7 Å². The lowest BCUT2D eigenvalue weighted by Gasteiger charge is -2.18. The summed E-state index contributed by atoms with van der Waals surface area (Å²) in [5.41, 5.74) is 3.33. The van der Waals surface area contributed by atoms with E-state index in [1.54, 1.807) is 7.11 Å². The third-order valence-corrected chi connectivity index (χ3v) is 3.64. The predicted octanol–water partition coefficient (Wildman–Crippen LogP) is 3.39. The van der Waals surface area contributed by atoms with Crippen LogP contribution in [-0.4, -0.2) is 18.8 Å². The SMILES string of the molecule is COc1cccc(C(O)CN[C@H](C)c2cccc(C)c2)c1. The fourth-order valence-corrected chi connectivity index (χ4v) is 2.31. The lowest BCUT2D eigenvalue weighted by atomic mass is 10.0. The monoisotopic (exact) mass is 285 g/mol. The number of aliphatic hydroxyl groups excluding tert-OH is 1. The molecule has 0 aliphatic rings. The van der Waals surface area contributed by atoms with Crippen molar-refractivity contribution in [3.8, 4) is 5.75 Å². The molecule has 0 aliphatic heterocycles. The van der Waals surface area contributed by atoms with Crippen molar-refractivity contribution < 1.29 is 9.84 Å². The molecule has 0 aliphatic carbocycles. The van der Waals surface area contributed by atoms with E-state index in [0.717, 1.165) is 11.3 Å². The van der Waals surface area contributed by atoms with Gasteiger partial charge in [-0.05, 0) is 37.1 Å². The van der Waals surface area contributed by atoms with E-state index < -0.39 is 6.10 Å². The number of hydrogen-bond acceptors (Lipinski definition) is 3. The fourth-order valence-electron chi connectivity index (χ4n) is 2.31. The Hall–Kier alpha value is -1.84. The highest BCUT2D eigenvalue weighted by molar-refractivity contribution is 5.30. The summed E-state index contributed by atoms with van der Waals surface area (Å²) < 4.78 is 5.18. The molecule has 0 bridgehead atoms. The minimum absolute atomic E-state index is 0.199. The summed E-state index contributed by atoms with van der Waals surface area (Å²) in [7, 11) is 1.63. The lowest BCUT2D eigenvalue weighted by molar-refractivity contribution is 0.170. The highest BCUT2D eigenvalue weighted by Gasteiger charge is 2.11. The van der Waals surface area contributed by atoms with Crippen molar-refractivity contribution in [3.63, 3.8) is 0 Å². The standard InChI is InChI=1S/C18H23NO2/c1-13-6-4-7-15(10-13)14(2)19-12-18(20)16-8-5-9-17(11-16)21-3/h4-11,14,18-20H,12H2,1-3H3/t14-,18?/m1/s1. The Balaban J connectivity index is 1.95. The normalized spacial score (nSPS) is 13.7. The molecular formula is C18H23NO2. The van der Waals surface area contributed by atoms with Crippen LogP contribution >= 0.6 is 0 Å². The van der Waals surface area contributed by atoms with E-state index in [0.29, 0.717) is 6.54 Å². The molecule has 0 amide bonds. The number of benzene rings is 2. The summed E-state index contributed by atoms with van der Waals surface area (Å²) in [6.07, 6.45) is -0.549. The van der Waals surface area contributed by atoms with Crippen LogP contribution in [0.1, 0.15) is 35.8 Å². The Morgan fingerprint density at radius 3 is 2.52 bits per heavy atom. The van der Waals surface area contributed by atoms with Crippen LogP contribution in [0, 0.1) is 6.92 Å². The van der Waals surface area contributed by atoms with Crippen molar-refractivity contribution in [3.05, 3.63) is 65.2 Å². The van der Waals surface area contributed by atoms with E-state index in [2.05, 4.69) is 43.4 Å². The zero-order chi connectivity index (χ0) is 15.2. The number of nitrogens with one attached hydrogen (secondary N) is 1. The molecule has 112 valence electrons. The first kappa shape index (κ1) is 15.5. The van der Waals surface area contributed by atoms with Crippen molar-refractivity contribution in [1.82, 2.24) is 5.32 Å². The Morgan fingerprint density at radius 1 is 1.10 bits per heavy atom. The molecule has 0 saturated carbocycles. The van der Waals surface area contributed by atoms with Gasteiger partial charge < -0.3 is 15.2 Å². The topological polar surface area (TPSA) is 41.5 Å². The van der Waals surface area contributed by atoms with E-state index in [1.165, 1.54) is 11.1 Å². The average molecular weight is 285 g/mol. The molecule has 2 rings (SSSR count). The van der Waals surface area contributed by atoms with Crippen LogP contribution in [0.2, 0.25) is 0 Å². The second-order valence-corrected chi connectivity index (χ2v) is 5.34. The Bertz CT molecular complexity index is 583. The lowest BCUT2D eigenvalue weighted by Crippen LogP contribution is -2.24. The molecule has 0 radical (unpaired) electrons. The molecule has 0 fully saturated rings. The van der Waals surface area contributed by atoms with Crippen LogP contribution < -0.4 is 10.1 Å². The minimum atomic E-state index is -0.549. The smallest absolute Gasteiger partial charge is 0.119 e. The third-order valence-electron chi connectivity index (χ3n) is 3.64. The van der Waals surface area contributed by atoms with Gasteiger partial charge in [-0.3, -0.25) is 0 Å². The van der Waals surface area contributed by atoms with Crippen molar-refractivity contribution in [1.29, 1.82) is 0 Å². The minimum Gasteiger partial charge on any atom is -0.497 e. The highest BCUT2D eigenvalue weighted by Crippen LogP contribution is 2.20. The average Bonchev–Trinajstić information content (AvgIpc) is 2.52. The summed E-state index contributed by atoms with van der Waals surface area (Å²) in [6, 6.07) is 16.1. The third kappa shape index (κ3) is 4.31. The number of hydrogen-bond donors (Lipinski definition) is 2. The highest BCUT2D eigenvalue weighted by atomic mass is 16.5. The van der Waals surface area contributed by atoms with E-state index in [4.69, 9.17) is 4.74 Å². The number of aliphatic hydroxyl groups is 1. The van der Waals surface area contributed by atoms with Gasteiger partial charge in [0.15, 0.2) is 0 Å². The number of methoxy groups -OCH3 is 1. The maximum absolute atomic E-state index is 10.3. The van der Waals surface area contributed by atoms with Crippen LogP contribution in [0.4, 0.5) is 0 Å². The summed E-state index contributed by atoms with van der Waals surface area (Å²) in [5, 5.41) is 13.6. The largest absolute Gasteiger partial charge is 0.497 e. The number of ether oxygens (including phenoxy) is 1. The fraction of sp³-hybridized carbons (Fsp3) is 0.333. The van der Waals surface area contributed by atoms with Gasteiger partial charge in [0.1, 0.15) is 5.75 Å². The maximum Gasteiger partial charge on any atom is 0.119 e. The first-order valence-corrected chi connectivity index (χ1v) is 7.22. The summed E-state index contributed by atoms with van der Waals surface area (Å²) in [5.74, 6) is 0.762. The van der Waals surface area contributed by atoms with Gasteiger partial charge in [-0.1, -0.05) is 42.0 Å². The van der Waals surface area contributed by atoms with E-state index in [1.807, 2.05) is 24.3 Å². The van der Waals surface area contributed by atoms with Gasteiger partial charge in [-0.15, -0.1) is 0 Å². The summed E-state index contributed by atoms with van der Waals surface area (Å²) in [4.78, 5) is 0. The zero-order valence-electron chi connectivity index (χ0n) is 12.8. The second-order valence-electron chi connectivity index (χ2n) is 5.34. The van der Waals surface area contributed by atoms with Crippen molar-refractivity contribution in [2.24, 2.45) is 0 Å². The second kappa shape index (κ2) is 7.25. The van der Waals surface area contributed by atoms with Crippen molar-refractivity contribution in [2.45, 2.75) is 26.0 Å². The molecule has 2 N–H and O–H groups in total. The molecular weight excluding hydrogens is 262 g/mol. The van der Waals surface area contributed by atoms with E-state index in [-0.39, 0.29) is 6.04 Å². The Kier molecular flexibility index (Phi) is 5.37. The van der Waals surface area contributed by atoms with Gasteiger partial charge >= 0.3 is 0 Å².